The van der Waals surface area contributed by atoms with E-state index in [9.17, 15) is 8.42 Å². The summed E-state index contributed by atoms with van der Waals surface area (Å²) in [6.07, 6.45) is 2.54. The van der Waals surface area contributed by atoms with Crippen molar-refractivity contribution in [2.24, 2.45) is 0 Å². The molecule has 0 amide bonds. The first kappa shape index (κ1) is 14.0. The summed E-state index contributed by atoms with van der Waals surface area (Å²) in [5.74, 6) is 0.832. The van der Waals surface area contributed by atoms with Crippen LogP contribution in [0.15, 0.2) is 18.2 Å². The summed E-state index contributed by atoms with van der Waals surface area (Å²) in [6, 6.07) is 5.86. The number of aryl methyl sites for hydroxylation is 2. The van der Waals surface area contributed by atoms with E-state index in [2.05, 4.69) is 4.18 Å². The van der Waals surface area contributed by atoms with Crippen molar-refractivity contribution >= 4 is 10.1 Å². The average molecular weight is 258 g/mol. The molecule has 0 N–H and O–H groups in total. The van der Waals surface area contributed by atoms with E-state index in [-0.39, 0.29) is 6.61 Å². The van der Waals surface area contributed by atoms with Gasteiger partial charge >= 0.3 is 0 Å². The minimum absolute atomic E-state index is 0.226. The quantitative estimate of drug-likeness (QED) is 0.578. The van der Waals surface area contributed by atoms with Gasteiger partial charge in [0.15, 0.2) is 0 Å². The number of ether oxygens (including phenoxy) is 1. The summed E-state index contributed by atoms with van der Waals surface area (Å²) >= 11 is 0. The Morgan fingerprint density at radius 2 is 2.00 bits per heavy atom. The zero-order valence-electron chi connectivity index (χ0n) is 10.4. The molecule has 0 saturated heterocycles. The highest BCUT2D eigenvalue weighted by Gasteiger charge is 2.03. The molecule has 4 nitrogen and oxygen atoms in total. The van der Waals surface area contributed by atoms with Crippen molar-refractivity contribution in [3.05, 3.63) is 29.3 Å². The number of hydrogen-bond donors (Lipinski definition) is 0. The molecule has 5 heteroatoms. The fourth-order valence-electron chi connectivity index (χ4n) is 1.55. The molecule has 1 rings (SSSR count). The van der Waals surface area contributed by atoms with Crippen LogP contribution in [0.1, 0.15) is 17.5 Å². The lowest BCUT2D eigenvalue weighted by atomic mass is 10.0. The number of benzene rings is 1. The Bertz CT molecular complexity index is 465. The topological polar surface area (TPSA) is 52.6 Å². The number of methoxy groups -OCH3 is 1. The van der Waals surface area contributed by atoms with Crippen molar-refractivity contribution in [1.82, 2.24) is 0 Å². The third-order valence-electron chi connectivity index (χ3n) is 2.44. The van der Waals surface area contributed by atoms with Gasteiger partial charge in [0.05, 0.1) is 20.0 Å². The third kappa shape index (κ3) is 5.19. The van der Waals surface area contributed by atoms with E-state index in [4.69, 9.17) is 4.74 Å². The molecule has 1 aromatic carbocycles. The summed E-state index contributed by atoms with van der Waals surface area (Å²) in [6.45, 7) is 2.24. The molecule has 96 valence electrons. The summed E-state index contributed by atoms with van der Waals surface area (Å²) in [4.78, 5) is 0. The predicted molar refractivity (Wildman–Crippen MR) is 66.8 cm³/mol. The van der Waals surface area contributed by atoms with Gasteiger partial charge in [-0.15, -0.1) is 0 Å². The van der Waals surface area contributed by atoms with Crippen LogP contribution in [-0.4, -0.2) is 28.4 Å². The Labute approximate surface area is 103 Å². The lowest BCUT2D eigenvalue weighted by molar-refractivity contribution is 0.316. The second-order valence-electron chi connectivity index (χ2n) is 3.92. The van der Waals surface area contributed by atoms with Crippen molar-refractivity contribution in [3.63, 3.8) is 0 Å². The summed E-state index contributed by atoms with van der Waals surface area (Å²) in [7, 11) is -1.69. The first-order valence-corrected chi connectivity index (χ1v) is 7.22. The van der Waals surface area contributed by atoms with Crippen LogP contribution in [0, 0.1) is 6.92 Å². The second kappa shape index (κ2) is 6.02. The van der Waals surface area contributed by atoms with E-state index >= 15 is 0 Å². The molecule has 0 unspecified atom stereocenters. The second-order valence-corrected chi connectivity index (χ2v) is 5.57. The molecule has 0 spiro atoms. The highest BCUT2D eigenvalue weighted by atomic mass is 32.2. The zero-order valence-corrected chi connectivity index (χ0v) is 11.2. The minimum atomic E-state index is -3.32. The van der Waals surface area contributed by atoms with Gasteiger partial charge in [0.2, 0.25) is 0 Å². The van der Waals surface area contributed by atoms with Crippen molar-refractivity contribution in [3.8, 4) is 5.75 Å². The Hall–Kier alpha value is -1.07. The van der Waals surface area contributed by atoms with E-state index in [0.29, 0.717) is 6.42 Å². The normalized spacial score (nSPS) is 11.5. The van der Waals surface area contributed by atoms with Crippen molar-refractivity contribution < 1.29 is 17.3 Å². The molecule has 0 heterocycles. The molecule has 0 atom stereocenters. The molecule has 0 aliphatic rings. The monoisotopic (exact) mass is 258 g/mol. The maximum Gasteiger partial charge on any atom is 0.264 e. The lowest BCUT2D eigenvalue weighted by Crippen LogP contribution is -2.05. The smallest absolute Gasteiger partial charge is 0.264 e. The SMILES string of the molecule is COc1ccc(CCCOS(C)(=O)=O)c(C)c1. The van der Waals surface area contributed by atoms with E-state index in [1.807, 2.05) is 25.1 Å². The largest absolute Gasteiger partial charge is 0.497 e. The molecule has 0 saturated carbocycles. The van der Waals surface area contributed by atoms with E-state index in [1.165, 1.54) is 5.56 Å². The van der Waals surface area contributed by atoms with E-state index in [0.717, 1.165) is 24.0 Å². The van der Waals surface area contributed by atoms with Gasteiger partial charge in [0.25, 0.3) is 10.1 Å². The lowest BCUT2D eigenvalue weighted by Gasteiger charge is -2.07. The summed E-state index contributed by atoms with van der Waals surface area (Å²) in [5.41, 5.74) is 2.33. The predicted octanol–water partition coefficient (Wildman–Crippen LogP) is 1.91. The molecular weight excluding hydrogens is 240 g/mol. The van der Waals surface area contributed by atoms with Crippen molar-refractivity contribution in [2.75, 3.05) is 20.0 Å². The van der Waals surface area contributed by atoms with Gasteiger partial charge < -0.3 is 4.74 Å². The van der Waals surface area contributed by atoms with Gasteiger partial charge in [-0.05, 0) is 43.0 Å². The van der Waals surface area contributed by atoms with Crippen LogP contribution in [0.2, 0.25) is 0 Å². The molecular formula is C12H18O4S. The molecule has 0 bridgehead atoms. The Kier molecular flexibility index (Phi) is 4.96. The number of rotatable bonds is 6. The molecule has 1 aromatic rings. The van der Waals surface area contributed by atoms with E-state index in [1.54, 1.807) is 7.11 Å². The molecule has 0 radical (unpaired) electrons. The number of hydrogen-bond acceptors (Lipinski definition) is 4. The van der Waals surface area contributed by atoms with Crippen LogP contribution in [-0.2, 0) is 20.7 Å². The maximum absolute atomic E-state index is 10.8. The van der Waals surface area contributed by atoms with Gasteiger partial charge in [0.1, 0.15) is 5.75 Å². The Morgan fingerprint density at radius 3 is 2.53 bits per heavy atom. The van der Waals surface area contributed by atoms with E-state index < -0.39 is 10.1 Å². The van der Waals surface area contributed by atoms with Crippen LogP contribution in [0.5, 0.6) is 5.75 Å². The van der Waals surface area contributed by atoms with Crippen LogP contribution in [0.25, 0.3) is 0 Å². The summed E-state index contributed by atoms with van der Waals surface area (Å²) in [5, 5.41) is 0. The third-order valence-corrected chi connectivity index (χ3v) is 3.03. The average Bonchev–Trinajstić information content (AvgIpc) is 2.24. The summed E-state index contributed by atoms with van der Waals surface area (Å²) < 4.78 is 31.3. The van der Waals surface area contributed by atoms with Crippen LogP contribution in [0.3, 0.4) is 0 Å². The van der Waals surface area contributed by atoms with Gasteiger partial charge in [0, 0.05) is 0 Å². The van der Waals surface area contributed by atoms with Crippen LogP contribution in [0.4, 0.5) is 0 Å². The molecule has 0 aromatic heterocycles. The van der Waals surface area contributed by atoms with Crippen molar-refractivity contribution in [2.45, 2.75) is 19.8 Å². The highest BCUT2D eigenvalue weighted by molar-refractivity contribution is 7.85. The molecule has 17 heavy (non-hydrogen) atoms. The fraction of sp³-hybridized carbons (Fsp3) is 0.500. The highest BCUT2D eigenvalue weighted by Crippen LogP contribution is 2.18. The van der Waals surface area contributed by atoms with Crippen LogP contribution < -0.4 is 4.74 Å². The molecule has 0 aliphatic carbocycles. The minimum Gasteiger partial charge on any atom is -0.497 e. The Morgan fingerprint density at radius 1 is 1.29 bits per heavy atom. The van der Waals surface area contributed by atoms with Gasteiger partial charge in [-0.3, -0.25) is 4.18 Å². The maximum atomic E-state index is 10.8. The van der Waals surface area contributed by atoms with Crippen LogP contribution >= 0.6 is 0 Å². The first-order chi connectivity index (χ1) is 7.92. The molecule has 0 aliphatic heterocycles. The van der Waals surface area contributed by atoms with Gasteiger partial charge in [-0.25, -0.2) is 0 Å². The standard InChI is InChI=1S/C12H18O4S/c1-10-9-12(15-2)7-6-11(10)5-4-8-16-17(3,13)14/h6-7,9H,4-5,8H2,1-3H3. The first-order valence-electron chi connectivity index (χ1n) is 5.40. The fourth-order valence-corrected chi connectivity index (χ4v) is 1.97. The van der Waals surface area contributed by atoms with Gasteiger partial charge in [-0.2, -0.15) is 8.42 Å². The zero-order chi connectivity index (χ0) is 12.9. The Balaban J connectivity index is 2.47. The molecule has 0 fully saturated rings. The van der Waals surface area contributed by atoms with Gasteiger partial charge in [-0.1, -0.05) is 6.07 Å². The van der Waals surface area contributed by atoms with Crippen molar-refractivity contribution in [1.29, 1.82) is 0 Å².